The molecule has 18 heavy (non-hydrogen) atoms. The Morgan fingerprint density at radius 2 is 2.11 bits per heavy atom. The van der Waals surface area contributed by atoms with E-state index < -0.39 is 0 Å². The van der Waals surface area contributed by atoms with E-state index in [-0.39, 0.29) is 5.79 Å². The van der Waals surface area contributed by atoms with E-state index in [1.165, 1.54) is 11.1 Å². The molecule has 2 heteroatoms. The van der Waals surface area contributed by atoms with Crippen LogP contribution in [0, 0.1) is 0 Å². The molecule has 1 aliphatic rings. The highest BCUT2D eigenvalue weighted by Gasteiger charge is 2.44. The zero-order valence-corrected chi connectivity index (χ0v) is 11.2. The molecule has 1 aliphatic heterocycles. The summed E-state index contributed by atoms with van der Waals surface area (Å²) in [6, 6.07) is 8.52. The summed E-state index contributed by atoms with van der Waals surface area (Å²) in [5.74, 6) is -0.221. The molecule has 1 aromatic carbocycles. The van der Waals surface area contributed by atoms with Crippen LogP contribution in [0.2, 0.25) is 0 Å². The van der Waals surface area contributed by atoms with E-state index in [9.17, 15) is 0 Å². The van der Waals surface area contributed by atoms with Gasteiger partial charge in [-0.1, -0.05) is 50.3 Å². The van der Waals surface area contributed by atoms with Crippen molar-refractivity contribution in [1.29, 1.82) is 0 Å². The third-order valence-electron chi connectivity index (χ3n) is 3.29. The molecular formula is C16H22O2. The van der Waals surface area contributed by atoms with E-state index >= 15 is 0 Å². The monoisotopic (exact) mass is 246 g/mol. The lowest BCUT2D eigenvalue weighted by Gasteiger charge is -2.11. The first-order chi connectivity index (χ1) is 8.78. The smallest absolute Gasteiger partial charge is 0.192 e. The van der Waals surface area contributed by atoms with E-state index in [1.807, 2.05) is 6.08 Å². The van der Waals surface area contributed by atoms with Gasteiger partial charge in [0.2, 0.25) is 0 Å². The van der Waals surface area contributed by atoms with Crippen LogP contribution in [-0.2, 0) is 15.9 Å². The van der Waals surface area contributed by atoms with Gasteiger partial charge in [0, 0.05) is 6.42 Å². The number of hydrogen-bond donors (Lipinski definition) is 0. The van der Waals surface area contributed by atoms with Gasteiger partial charge in [0.15, 0.2) is 5.79 Å². The Balaban J connectivity index is 1.67. The highest BCUT2D eigenvalue weighted by Crippen LogP contribution is 2.33. The van der Waals surface area contributed by atoms with Crippen molar-refractivity contribution in [3.8, 4) is 0 Å². The fraction of sp³-hybridized carbons (Fsp3) is 0.500. The molecule has 0 spiro atoms. The van der Waals surface area contributed by atoms with Crippen LogP contribution in [0.5, 0.6) is 0 Å². The summed E-state index contributed by atoms with van der Waals surface area (Å²) in [6.45, 7) is 7.47. The number of hydrogen-bond acceptors (Lipinski definition) is 2. The largest absolute Gasteiger partial charge is 0.348 e. The molecule has 0 bridgehead atoms. The number of ether oxygens (including phenoxy) is 2. The zero-order valence-electron chi connectivity index (χ0n) is 11.2. The van der Waals surface area contributed by atoms with Crippen LogP contribution in [0.3, 0.4) is 0 Å². The van der Waals surface area contributed by atoms with Crippen molar-refractivity contribution in [3.63, 3.8) is 0 Å². The van der Waals surface area contributed by atoms with E-state index in [1.54, 1.807) is 0 Å². The molecule has 2 nitrogen and oxygen atoms in total. The molecule has 0 aliphatic carbocycles. The lowest BCUT2D eigenvalue weighted by atomic mass is 10.1. The molecule has 2 rings (SSSR count). The Kier molecular flexibility index (Phi) is 4.56. The summed E-state index contributed by atoms with van der Waals surface area (Å²) in [6.07, 6.45) is 6.10. The van der Waals surface area contributed by atoms with E-state index in [0.717, 1.165) is 38.9 Å². The van der Waals surface area contributed by atoms with E-state index in [4.69, 9.17) is 9.47 Å². The van der Waals surface area contributed by atoms with Gasteiger partial charge < -0.3 is 9.47 Å². The fourth-order valence-corrected chi connectivity index (χ4v) is 2.12. The van der Waals surface area contributed by atoms with E-state index in [0.29, 0.717) is 0 Å². The normalized spacial score (nSPS) is 21.8. The van der Waals surface area contributed by atoms with Crippen LogP contribution in [0.4, 0.5) is 0 Å². The van der Waals surface area contributed by atoms with Gasteiger partial charge in [-0.05, 0) is 24.0 Å². The summed E-state index contributed by atoms with van der Waals surface area (Å²) in [4.78, 5) is 0. The second-order valence-electron chi connectivity index (χ2n) is 4.85. The van der Waals surface area contributed by atoms with Crippen molar-refractivity contribution in [3.05, 3.63) is 42.0 Å². The van der Waals surface area contributed by atoms with E-state index in [2.05, 4.69) is 37.8 Å². The Morgan fingerprint density at radius 1 is 1.39 bits per heavy atom. The van der Waals surface area contributed by atoms with Crippen molar-refractivity contribution in [2.24, 2.45) is 0 Å². The molecule has 1 saturated heterocycles. The van der Waals surface area contributed by atoms with Gasteiger partial charge in [0.25, 0.3) is 0 Å². The van der Waals surface area contributed by atoms with Crippen LogP contribution >= 0.6 is 0 Å². The number of benzene rings is 1. The second kappa shape index (κ2) is 6.17. The van der Waals surface area contributed by atoms with Gasteiger partial charge in [-0.15, -0.1) is 0 Å². The van der Waals surface area contributed by atoms with Crippen LogP contribution in [0.1, 0.15) is 37.3 Å². The van der Waals surface area contributed by atoms with Gasteiger partial charge in [-0.25, -0.2) is 0 Å². The lowest BCUT2D eigenvalue weighted by Crippen LogP contribution is -2.16. The van der Waals surface area contributed by atoms with Crippen molar-refractivity contribution in [2.45, 2.75) is 38.4 Å². The molecule has 1 fully saturated rings. The standard InChI is InChI=1S/C16H22O2/c1-3-11-16(13-18-16)17-12-5-6-15-9-7-14(4-2)8-10-15/h4,7-10H,2-3,5-6,11-13H2,1H3. The predicted octanol–water partition coefficient (Wildman–Crippen LogP) is 3.81. The molecule has 1 heterocycles. The van der Waals surface area contributed by atoms with Crippen molar-refractivity contribution >= 4 is 6.08 Å². The zero-order chi connectivity index (χ0) is 12.8. The summed E-state index contributed by atoms with van der Waals surface area (Å²) in [5, 5.41) is 0. The number of rotatable bonds is 8. The van der Waals surface area contributed by atoms with Gasteiger partial charge in [-0.2, -0.15) is 0 Å². The van der Waals surface area contributed by atoms with Crippen LogP contribution in [0.15, 0.2) is 30.8 Å². The first-order valence-electron chi connectivity index (χ1n) is 6.77. The Hall–Kier alpha value is -1.12. The minimum atomic E-state index is -0.221. The highest BCUT2D eigenvalue weighted by atomic mass is 16.8. The molecule has 0 amide bonds. The summed E-state index contributed by atoms with van der Waals surface area (Å²) in [7, 11) is 0. The molecular weight excluding hydrogens is 224 g/mol. The molecule has 1 aromatic rings. The average Bonchev–Trinajstić information content (AvgIpc) is 3.16. The summed E-state index contributed by atoms with van der Waals surface area (Å²) >= 11 is 0. The Labute approximate surface area is 110 Å². The molecule has 1 atom stereocenters. The molecule has 98 valence electrons. The highest BCUT2D eigenvalue weighted by molar-refractivity contribution is 5.47. The Bertz CT molecular complexity index is 377. The quantitative estimate of drug-likeness (QED) is 0.514. The van der Waals surface area contributed by atoms with Crippen LogP contribution in [0.25, 0.3) is 6.08 Å². The van der Waals surface area contributed by atoms with Crippen molar-refractivity contribution in [2.75, 3.05) is 13.2 Å². The first kappa shape index (κ1) is 13.3. The number of aryl methyl sites for hydroxylation is 1. The third-order valence-corrected chi connectivity index (χ3v) is 3.29. The SMILES string of the molecule is C=Cc1ccc(CCCOC2(CCC)CO2)cc1. The molecule has 1 unspecified atom stereocenters. The van der Waals surface area contributed by atoms with Crippen LogP contribution < -0.4 is 0 Å². The molecule has 0 saturated carbocycles. The average molecular weight is 246 g/mol. The minimum absolute atomic E-state index is 0.221. The summed E-state index contributed by atoms with van der Waals surface area (Å²) in [5.41, 5.74) is 2.52. The van der Waals surface area contributed by atoms with Crippen molar-refractivity contribution in [1.82, 2.24) is 0 Å². The Morgan fingerprint density at radius 3 is 2.67 bits per heavy atom. The topological polar surface area (TPSA) is 21.8 Å². The molecule has 0 radical (unpaired) electrons. The second-order valence-corrected chi connectivity index (χ2v) is 4.85. The summed E-state index contributed by atoms with van der Waals surface area (Å²) < 4.78 is 11.2. The maximum atomic E-state index is 5.81. The lowest BCUT2D eigenvalue weighted by molar-refractivity contribution is -0.0497. The third kappa shape index (κ3) is 3.69. The van der Waals surface area contributed by atoms with Gasteiger partial charge in [0.1, 0.15) is 6.61 Å². The first-order valence-corrected chi connectivity index (χ1v) is 6.77. The fourth-order valence-electron chi connectivity index (χ4n) is 2.12. The molecule has 0 N–H and O–H groups in total. The minimum Gasteiger partial charge on any atom is -0.348 e. The van der Waals surface area contributed by atoms with Gasteiger partial charge in [-0.3, -0.25) is 0 Å². The van der Waals surface area contributed by atoms with Crippen molar-refractivity contribution < 1.29 is 9.47 Å². The maximum absolute atomic E-state index is 5.81. The maximum Gasteiger partial charge on any atom is 0.192 e. The predicted molar refractivity (Wildman–Crippen MR) is 74.4 cm³/mol. The number of epoxide rings is 1. The van der Waals surface area contributed by atoms with Gasteiger partial charge >= 0.3 is 0 Å². The van der Waals surface area contributed by atoms with Crippen LogP contribution in [-0.4, -0.2) is 19.0 Å². The molecule has 0 aromatic heterocycles. The van der Waals surface area contributed by atoms with Gasteiger partial charge in [0.05, 0.1) is 6.61 Å².